The van der Waals surface area contributed by atoms with Crippen LogP contribution in [0.1, 0.15) is 96.5 Å². The fourth-order valence-electron chi connectivity index (χ4n) is 6.20. The van der Waals surface area contributed by atoms with Crippen molar-refractivity contribution in [1.29, 1.82) is 0 Å². The zero-order valence-electron chi connectivity index (χ0n) is 26.4. The van der Waals surface area contributed by atoms with Gasteiger partial charge in [0.05, 0.1) is 47.8 Å². The highest BCUT2D eigenvalue weighted by molar-refractivity contribution is 6.31. The molecule has 1 aliphatic heterocycles. The highest BCUT2D eigenvalue weighted by Crippen LogP contribution is 2.52. The fraction of sp³-hybridized carbons (Fsp3) is 0.500. The first kappa shape index (κ1) is 33.3. The van der Waals surface area contributed by atoms with Gasteiger partial charge in [-0.2, -0.15) is 5.10 Å². The third kappa shape index (κ3) is 5.82. The average molecular weight is 642 g/mol. The molecule has 14 heteroatoms. The Bertz CT molecular complexity index is 1620. The van der Waals surface area contributed by atoms with Crippen LogP contribution >= 0.6 is 0 Å². The minimum atomic E-state index is -1.91. The Balaban J connectivity index is 1.63. The summed E-state index contributed by atoms with van der Waals surface area (Å²) in [5, 5.41) is 49.7. The number of carbonyl (C=O) groups is 3. The SMILES string of the molecule is COc1cccc2c1C(=O)c1c(O)c3c(c(O)c1C2=O)CC(O)(C(C)=NNC(=O)OC(C)(C)C)CC3OC1CC(N)C(O)C(C)O1. The lowest BCUT2D eigenvalue weighted by Gasteiger charge is -2.42. The second kappa shape index (κ2) is 11.9. The number of hydrogen-bond donors (Lipinski definition) is 6. The van der Waals surface area contributed by atoms with E-state index in [0.29, 0.717) is 0 Å². The van der Waals surface area contributed by atoms with Gasteiger partial charge in [-0.05, 0) is 40.7 Å². The van der Waals surface area contributed by atoms with E-state index in [9.17, 15) is 34.8 Å². The average Bonchev–Trinajstić information content (AvgIpc) is 2.97. The molecule has 5 rings (SSSR count). The highest BCUT2D eigenvalue weighted by atomic mass is 16.7. The lowest BCUT2D eigenvalue weighted by Crippen LogP contribution is -2.52. The zero-order valence-corrected chi connectivity index (χ0v) is 26.4. The van der Waals surface area contributed by atoms with Crippen molar-refractivity contribution in [3.8, 4) is 17.2 Å². The number of nitrogens with zero attached hydrogens (tertiary/aromatic N) is 1. The number of nitrogens with one attached hydrogen (secondary N) is 1. The quantitative estimate of drug-likeness (QED) is 0.134. The van der Waals surface area contributed by atoms with Gasteiger partial charge in [0.1, 0.15) is 28.5 Å². The molecule has 1 amide bonds. The predicted octanol–water partition coefficient (Wildman–Crippen LogP) is 2.34. The highest BCUT2D eigenvalue weighted by Gasteiger charge is 2.49. The van der Waals surface area contributed by atoms with Crippen LogP contribution in [0.2, 0.25) is 0 Å². The molecule has 0 saturated carbocycles. The van der Waals surface area contributed by atoms with E-state index in [4.69, 9.17) is 24.7 Å². The fourth-order valence-corrected chi connectivity index (χ4v) is 6.20. The first-order chi connectivity index (χ1) is 21.5. The van der Waals surface area contributed by atoms with Gasteiger partial charge in [0, 0.05) is 42.0 Å². The number of aliphatic hydroxyl groups excluding tert-OH is 1. The Labute approximate surface area is 265 Å². The number of fused-ring (bicyclic) bond motifs is 3. The van der Waals surface area contributed by atoms with Crippen LogP contribution in [0.5, 0.6) is 17.2 Å². The van der Waals surface area contributed by atoms with Crippen molar-refractivity contribution < 1.29 is 53.8 Å². The normalized spacial score (nSPS) is 27.8. The molecule has 0 bridgehead atoms. The van der Waals surface area contributed by atoms with E-state index in [1.54, 1.807) is 27.7 Å². The zero-order chi connectivity index (χ0) is 33.9. The number of aromatic hydroxyl groups is 2. The molecule has 6 unspecified atom stereocenters. The Kier molecular flexibility index (Phi) is 8.64. The Hall–Kier alpha value is -4.08. The van der Waals surface area contributed by atoms with Crippen molar-refractivity contribution in [3.05, 3.63) is 51.6 Å². The number of hydrogen-bond acceptors (Lipinski definition) is 13. The van der Waals surface area contributed by atoms with Crippen molar-refractivity contribution >= 4 is 23.4 Å². The van der Waals surface area contributed by atoms with Crippen LogP contribution in [0.15, 0.2) is 23.3 Å². The summed E-state index contributed by atoms with van der Waals surface area (Å²) in [6.45, 7) is 8.07. The van der Waals surface area contributed by atoms with E-state index >= 15 is 0 Å². The summed E-state index contributed by atoms with van der Waals surface area (Å²) in [6, 6.07) is 3.72. The summed E-state index contributed by atoms with van der Waals surface area (Å²) in [4.78, 5) is 39.9. The summed E-state index contributed by atoms with van der Waals surface area (Å²) in [5.41, 5.74) is 4.57. The van der Waals surface area contributed by atoms with Crippen molar-refractivity contribution in [2.45, 2.75) is 95.7 Å². The summed E-state index contributed by atoms with van der Waals surface area (Å²) >= 11 is 0. The van der Waals surface area contributed by atoms with Crippen molar-refractivity contribution in [1.82, 2.24) is 5.43 Å². The van der Waals surface area contributed by atoms with Gasteiger partial charge in [-0.1, -0.05) is 12.1 Å². The molecule has 1 heterocycles. The molecule has 3 aliphatic rings. The topological polar surface area (TPSA) is 219 Å². The van der Waals surface area contributed by atoms with Crippen molar-refractivity contribution in [2.24, 2.45) is 10.8 Å². The van der Waals surface area contributed by atoms with E-state index in [2.05, 4.69) is 10.5 Å². The van der Waals surface area contributed by atoms with E-state index in [1.807, 2.05) is 0 Å². The third-order valence-electron chi connectivity index (χ3n) is 8.53. The molecule has 2 aliphatic carbocycles. The minimum absolute atomic E-state index is 0.00300. The Morgan fingerprint density at radius 1 is 1.13 bits per heavy atom. The Morgan fingerprint density at radius 3 is 2.43 bits per heavy atom. The second-order valence-corrected chi connectivity index (χ2v) is 12.9. The van der Waals surface area contributed by atoms with E-state index in [0.717, 1.165) is 0 Å². The number of rotatable bonds is 5. The van der Waals surface area contributed by atoms with E-state index in [-0.39, 0.29) is 53.0 Å². The number of nitrogens with two attached hydrogens (primary N) is 1. The first-order valence-electron chi connectivity index (χ1n) is 14.8. The number of amides is 1. The monoisotopic (exact) mass is 641 g/mol. The van der Waals surface area contributed by atoms with Crippen LogP contribution < -0.4 is 15.9 Å². The van der Waals surface area contributed by atoms with Gasteiger partial charge in [-0.25, -0.2) is 10.2 Å². The summed E-state index contributed by atoms with van der Waals surface area (Å²) in [5.74, 6) is -2.60. The molecule has 248 valence electrons. The number of carbonyl (C=O) groups excluding carboxylic acids is 3. The van der Waals surface area contributed by atoms with Crippen molar-refractivity contribution in [3.63, 3.8) is 0 Å². The summed E-state index contributed by atoms with van der Waals surface area (Å²) in [6.07, 6.45) is -5.46. The first-order valence-corrected chi connectivity index (χ1v) is 14.8. The standard InChI is InChI=1S/C32H39N3O11/c1-13-25(36)17(33)10-20(44-13)45-19-12-32(42,14(2)34-35-30(41)46-31(3,4)5)11-16-22(19)29(40)24-23(27(16)38)26(37)15-8-7-9-18(43-6)21(15)28(24)39/h7-9,13,17,19-20,25,36,38,40,42H,10-12,33H2,1-6H3,(H,35,41). The largest absolute Gasteiger partial charge is 0.507 e. The molecule has 6 atom stereocenters. The number of phenolic OH excluding ortho intramolecular Hbond substituents is 2. The number of aliphatic hydroxyl groups is 2. The van der Waals surface area contributed by atoms with Crippen LogP contribution in [0.4, 0.5) is 4.79 Å². The molecule has 1 saturated heterocycles. The minimum Gasteiger partial charge on any atom is -0.507 e. The molecule has 1 fully saturated rings. The van der Waals surface area contributed by atoms with Gasteiger partial charge in [0.15, 0.2) is 12.1 Å². The molecule has 2 aromatic rings. The lowest BCUT2D eigenvalue weighted by atomic mass is 9.72. The molecule has 2 aromatic carbocycles. The van der Waals surface area contributed by atoms with Crippen molar-refractivity contribution in [2.75, 3.05) is 7.11 Å². The number of ketones is 2. The lowest BCUT2D eigenvalue weighted by molar-refractivity contribution is -0.245. The summed E-state index contributed by atoms with van der Waals surface area (Å²) in [7, 11) is 1.34. The summed E-state index contributed by atoms with van der Waals surface area (Å²) < 4.78 is 22.6. The van der Waals surface area contributed by atoms with Crippen LogP contribution in [-0.4, -0.2) is 86.6 Å². The maximum Gasteiger partial charge on any atom is 0.428 e. The third-order valence-corrected chi connectivity index (χ3v) is 8.53. The number of hydrazone groups is 1. The van der Waals surface area contributed by atoms with E-state index < -0.39 is 82.1 Å². The van der Waals surface area contributed by atoms with Gasteiger partial charge >= 0.3 is 6.09 Å². The van der Waals surface area contributed by atoms with Crippen LogP contribution in [0.25, 0.3) is 0 Å². The molecular formula is C32H39N3O11. The Morgan fingerprint density at radius 2 is 1.80 bits per heavy atom. The van der Waals surface area contributed by atoms with Gasteiger partial charge < -0.3 is 45.1 Å². The van der Waals surface area contributed by atoms with E-state index in [1.165, 1.54) is 32.2 Å². The van der Waals surface area contributed by atoms with Gasteiger partial charge in [-0.15, -0.1) is 0 Å². The molecule has 46 heavy (non-hydrogen) atoms. The maximum absolute atomic E-state index is 13.9. The molecule has 0 radical (unpaired) electrons. The number of phenols is 2. The maximum atomic E-state index is 13.9. The van der Waals surface area contributed by atoms with Crippen LogP contribution in [0, 0.1) is 0 Å². The van der Waals surface area contributed by atoms with Gasteiger partial charge in [0.2, 0.25) is 5.78 Å². The molecule has 7 N–H and O–H groups in total. The molecular weight excluding hydrogens is 602 g/mol. The number of benzene rings is 2. The van der Waals surface area contributed by atoms with Crippen LogP contribution in [-0.2, 0) is 20.6 Å². The van der Waals surface area contributed by atoms with Gasteiger partial charge in [0.25, 0.3) is 0 Å². The second-order valence-electron chi connectivity index (χ2n) is 12.9. The molecule has 14 nitrogen and oxygen atoms in total. The number of ether oxygens (including phenoxy) is 4. The van der Waals surface area contributed by atoms with Gasteiger partial charge in [-0.3, -0.25) is 9.59 Å². The van der Waals surface area contributed by atoms with Crippen LogP contribution in [0.3, 0.4) is 0 Å². The molecule has 0 aromatic heterocycles. The molecule has 0 spiro atoms. The smallest absolute Gasteiger partial charge is 0.428 e. The number of methoxy groups -OCH3 is 1. The predicted molar refractivity (Wildman–Crippen MR) is 162 cm³/mol.